The Kier molecular flexibility index (Phi) is 7.16. The molecule has 0 aliphatic carbocycles. The Bertz CT molecular complexity index is 1640. The molecule has 0 aliphatic rings. The zero-order valence-corrected chi connectivity index (χ0v) is 21.1. The number of methoxy groups -OCH3 is 1. The molecule has 0 atom stereocenters. The fourth-order valence-corrected chi connectivity index (χ4v) is 4.03. The Hall–Kier alpha value is -4.44. The minimum atomic E-state index is 0.544. The van der Waals surface area contributed by atoms with E-state index in [1.54, 1.807) is 19.4 Å². The van der Waals surface area contributed by atoms with Gasteiger partial charge in [0, 0.05) is 16.8 Å². The van der Waals surface area contributed by atoms with Crippen molar-refractivity contribution in [1.29, 1.82) is 0 Å². The molecule has 36 heavy (non-hydrogen) atoms. The first kappa shape index (κ1) is 24.7. The number of ether oxygens (including phenoxy) is 2. The van der Waals surface area contributed by atoms with Crippen LogP contribution in [0.5, 0.6) is 5.75 Å². The Morgan fingerprint density at radius 2 is 1.64 bits per heavy atom. The fourth-order valence-electron chi connectivity index (χ4n) is 4.03. The van der Waals surface area contributed by atoms with E-state index >= 15 is 0 Å². The van der Waals surface area contributed by atoms with Gasteiger partial charge in [0.05, 0.1) is 30.4 Å². The van der Waals surface area contributed by atoms with Crippen molar-refractivity contribution in [2.24, 2.45) is 0 Å². The van der Waals surface area contributed by atoms with Crippen molar-refractivity contribution in [2.75, 3.05) is 13.7 Å². The van der Waals surface area contributed by atoms with E-state index in [0.717, 1.165) is 66.0 Å². The van der Waals surface area contributed by atoms with Crippen LogP contribution in [0.15, 0.2) is 97.5 Å². The minimum Gasteiger partial charge on any atom is -0.497 e. The van der Waals surface area contributed by atoms with Gasteiger partial charge < -0.3 is 9.47 Å². The SMILES string of the molecule is C=C(/C=C\C(=C)C(=C)/C=c1\c(=C)c2ccc(-c3ccc(OCC)cc3)cc2c2nc(C)cnc12)OC. The summed E-state index contributed by atoms with van der Waals surface area (Å²) in [5.41, 5.74) is 6.14. The summed E-state index contributed by atoms with van der Waals surface area (Å²) >= 11 is 0. The van der Waals surface area contributed by atoms with Crippen LogP contribution in [0.4, 0.5) is 0 Å². The lowest BCUT2D eigenvalue weighted by molar-refractivity contribution is 0.309. The number of hydrogen-bond acceptors (Lipinski definition) is 4. The highest BCUT2D eigenvalue weighted by Gasteiger charge is 2.10. The monoisotopic (exact) mass is 474 g/mol. The molecule has 4 aromatic rings. The number of hydrogen-bond donors (Lipinski definition) is 0. The van der Waals surface area contributed by atoms with E-state index in [1.165, 1.54) is 0 Å². The Balaban J connectivity index is 1.89. The number of aromatic nitrogens is 2. The summed E-state index contributed by atoms with van der Waals surface area (Å²) in [5, 5.41) is 3.78. The first-order chi connectivity index (χ1) is 17.3. The maximum Gasteiger partial charge on any atom is 0.119 e. The standard InChI is InChI=1S/C32H30N2O2/c1-8-36-27-14-11-25(12-15-27)26-13-16-28-24(6)29(17-21(3)20(2)9-10-23(5)35-7)31-32(30(28)18-26)34-22(4)19-33-31/h9-19H,2-3,5-6,8H2,1,4,7H3/b10-9-,29-17+. The van der Waals surface area contributed by atoms with Gasteiger partial charge in [-0.1, -0.05) is 56.7 Å². The molecular weight excluding hydrogens is 444 g/mol. The fraction of sp³-hybridized carbons (Fsp3) is 0.125. The molecule has 1 heterocycles. The summed E-state index contributed by atoms with van der Waals surface area (Å²) in [4.78, 5) is 9.63. The lowest BCUT2D eigenvalue weighted by Gasteiger charge is -2.10. The second kappa shape index (κ2) is 10.4. The van der Waals surface area contributed by atoms with Crippen LogP contribution in [0.1, 0.15) is 12.6 Å². The second-order valence-corrected chi connectivity index (χ2v) is 8.52. The van der Waals surface area contributed by atoms with E-state index in [9.17, 15) is 0 Å². The summed E-state index contributed by atoms with van der Waals surface area (Å²) < 4.78 is 10.7. The van der Waals surface area contributed by atoms with Crippen molar-refractivity contribution in [2.45, 2.75) is 13.8 Å². The average Bonchev–Trinajstić information content (AvgIpc) is 2.89. The number of aryl methyl sites for hydroxylation is 1. The van der Waals surface area contributed by atoms with Gasteiger partial charge >= 0.3 is 0 Å². The lowest BCUT2D eigenvalue weighted by atomic mass is 9.97. The average molecular weight is 475 g/mol. The van der Waals surface area contributed by atoms with E-state index in [1.807, 2.05) is 38.1 Å². The van der Waals surface area contributed by atoms with Crippen LogP contribution in [0.3, 0.4) is 0 Å². The Morgan fingerprint density at radius 1 is 0.917 bits per heavy atom. The second-order valence-electron chi connectivity index (χ2n) is 8.52. The van der Waals surface area contributed by atoms with Crippen LogP contribution in [-0.2, 0) is 4.74 Å². The molecule has 0 N–H and O–H groups in total. The van der Waals surface area contributed by atoms with Gasteiger partial charge in [-0.05, 0) is 77.1 Å². The molecule has 0 saturated heterocycles. The van der Waals surface area contributed by atoms with Crippen molar-refractivity contribution < 1.29 is 9.47 Å². The molecule has 0 bridgehead atoms. The van der Waals surface area contributed by atoms with E-state index in [-0.39, 0.29) is 0 Å². The third-order valence-corrected chi connectivity index (χ3v) is 6.04. The zero-order chi connectivity index (χ0) is 25.8. The highest BCUT2D eigenvalue weighted by Crippen LogP contribution is 2.27. The molecule has 3 aromatic carbocycles. The van der Waals surface area contributed by atoms with Gasteiger partial charge in [0.2, 0.25) is 0 Å². The van der Waals surface area contributed by atoms with E-state index < -0.39 is 0 Å². The van der Waals surface area contributed by atoms with Crippen LogP contribution in [-0.4, -0.2) is 23.7 Å². The molecule has 0 spiro atoms. The first-order valence-corrected chi connectivity index (χ1v) is 11.7. The van der Waals surface area contributed by atoms with Crippen molar-refractivity contribution in [3.8, 4) is 16.9 Å². The molecule has 0 amide bonds. The van der Waals surface area contributed by atoms with E-state index in [2.05, 4.69) is 56.6 Å². The topological polar surface area (TPSA) is 44.2 Å². The predicted molar refractivity (Wildman–Crippen MR) is 151 cm³/mol. The van der Waals surface area contributed by atoms with Gasteiger partial charge in [0.15, 0.2) is 0 Å². The molecule has 4 heteroatoms. The van der Waals surface area contributed by atoms with Gasteiger partial charge in [0.1, 0.15) is 11.5 Å². The zero-order valence-electron chi connectivity index (χ0n) is 21.1. The van der Waals surface area contributed by atoms with Crippen LogP contribution in [0.2, 0.25) is 0 Å². The third kappa shape index (κ3) is 4.98. The molecule has 0 saturated carbocycles. The maximum atomic E-state index is 5.59. The number of fused-ring (bicyclic) bond motifs is 3. The summed E-state index contributed by atoms with van der Waals surface area (Å²) in [6.07, 6.45) is 7.34. The van der Waals surface area contributed by atoms with Gasteiger partial charge in [-0.15, -0.1) is 0 Å². The quantitative estimate of drug-likeness (QED) is 0.174. The summed E-state index contributed by atoms with van der Waals surface area (Å²) in [5.74, 6) is 1.40. The molecule has 0 aliphatic heterocycles. The van der Waals surface area contributed by atoms with Crippen molar-refractivity contribution in [3.63, 3.8) is 0 Å². The largest absolute Gasteiger partial charge is 0.497 e. The lowest BCUT2D eigenvalue weighted by Crippen LogP contribution is -2.26. The van der Waals surface area contributed by atoms with Crippen LogP contribution in [0, 0.1) is 6.92 Å². The molecule has 180 valence electrons. The number of rotatable bonds is 8. The predicted octanol–water partition coefficient (Wildman–Crippen LogP) is 6.18. The molecule has 0 unspecified atom stereocenters. The van der Waals surface area contributed by atoms with Gasteiger partial charge in [-0.3, -0.25) is 4.98 Å². The molecule has 0 fully saturated rings. The Labute approximate surface area is 211 Å². The van der Waals surface area contributed by atoms with Crippen molar-refractivity contribution in [1.82, 2.24) is 9.97 Å². The van der Waals surface area contributed by atoms with Crippen LogP contribution < -0.4 is 15.2 Å². The normalized spacial score (nSPS) is 11.8. The Morgan fingerprint density at radius 3 is 2.33 bits per heavy atom. The smallest absolute Gasteiger partial charge is 0.119 e. The van der Waals surface area contributed by atoms with Crippen LogP contribution >= 0.6 is 0 Å². The number of nitrogens with zero attached hydrogens (tertiary/aromatic N) is 2. The molecular formula is C32H30N2O2. The molecule has 4 nitrogen and oxygen atoms in total. The third-order valence-electron chi connectivity index (χ3n) is 6.04. The van der Waals surface area contributed by atoms with E-state index in [0.29, 0.717) is 12.4 Å². The van der Waals surface area contributed by atoms with Gasteiger partial charge in [0.25, 0.3) is 0 Å². The highest BCUT2D eigenvalue weighted by atomic mass is 16.5. The van der Waals surface area contributed by atoms with Crippen LogP contribution in [0.25, 0.3) is 45.6 Å². The number of benzene rings is 3. The summed E-state index contributed by atoms with van der Waals surface area (Å²) in [7, 11) is 1.58. The van der Waals surface area contributed by atoms with Crippen molar-refractivity contribution >= 4 is 34.5 Å². The summed E-state index contributed by atoms with van der Waals surface area (Å²) in [6, 6.07) is 14.5. The summed E-state index contributed by atoms with van der Waals surface area (Å²) in [6.45, 7) is 21.1. The minimum absolute atomic E-state index is 0.544. The van der Waals surface area contributed by atoms with Crippen molar-refractivity contribution in [3.05, 3.63) is 114 Å². The first-order valence-electron chi connectivity index (χ1n) is 11.7. The number of allylic oxidation sites excluding steroid dienone is 4. The molecule has 0 radical (unpaired) electrons. The molecule has 1 aromatic heterocycles. The van der Waals surface area contributed by atoms with E-state index in [4.69, 9.17) is 19.4 Å². The van der Waals surface area contributed by atoms with Gasteiger partial charge in [-0.2, -0.15) is 0 Å². The van der Waals surface area contributed by atoms with Gasteiger partial charge in [-0.25, -0.2) is 4.98 Å². The maximum absolute atomic E-state index is 5.59. The highest BCUT2D eigenvalue weighted by molar-refractivity contribution is 6.06. The molecule has 4 rings (SSSR count).